The number of methoxy groups -OCH3 is 2. The highest BCUT2D eigenvalue weighted by molar-refractivity contribution is 5.03. The summed E-state index contributed by atoms with van der Waals surface area (Å²) in [6.07, 6.45) is 0.776. The third-order valence-corrected chi connectivity index (χ3v) is 3.31. The van der Waals surface area contributed by atoms with Gasteiger partial charge in [0.25, 0.3) is 0 Å². The van der Waals surface area contributed by atoms with E-state index in [1.807, 2.05) is 14.0 Å². The average Bonchev–Trinajstić information content (AvgIpc) is 2.38. The summed E-state index contributed by atoms with van der Waals surface area (Å²) in [5, 5.41) is 12.2. The Hall–Kier alpha value is -0.670. The van der Waals surface area contributed by atoms with Crippen LogP contribution in [0.25, 0.3) is 0 Å². The second-order valence-electron chi connectivity index (χ2n) is 4.78. The molecule has 0 aromatic rings. The van der Waals surface area contributed by atoms with Crippen molar-refractivity contribution in [2.75, 3.05) is 47.6 Å². The molecular formula is C13H27N3O2. The highest BCUT2D eigenvalue weighted by Gasteiger charge is 2.23. The fourth-order valence-electron chi connectivity index (χ4n) is 1.71. The van der Waals surface area contributed by atoms with Gasteiger partial charge in [-0.1, -0.05) is 0 Å². The minimum atomic E-state index is -0.474. The summed E-state index contributed by atoms with van der Waals surface area (Å²) in [6.45, 7) is 7.12. The van der Waals surface area contributed by atoms with Crippen molar-refractivity contribution >= 4 is 0 Å². The molecule has 5 nitrogen and oxygen atoms in total. The highest BCUT2D eigenvalue weighted by atomic mass is 16.5. The number of nitrogens with zero attached hydrogens (tertiary/aromatic N) is 2. The molecule has 0 saturated heterocycles. The predicted molar refractivity (Wildman–Crippen MR) is 72.5 cm³/mol. The van der Waals surface area contributed by atoms with Gasteiger partial charge < -0.3 is 14.8 Å². The molecule has 0 rings (SSSR count). The van der Waals surface area contributed by atoms with Gasteiger partial charge in [0.1, 0.15) is 5.54 Å². The summed E-state index contributed by atoms with van der Waals surface area (Å²) < 4.78 is 10.3. The van der Waals surface area contributed by atoms with Crippen molar-refractivity contribution in [1.29, 1.82) is 5.26 Å². The van der Waals surface area contributed by atoms with Gasteiger partial charge in [0.15, 0.2) is 0 Å². The number of hydrogen-bond acceptors (Lipinski definition) is 5. The molecule has 0 radical (unpaired) electrons. The lowest BCUT2D eigenvalue weighted by Gasteiger charge is -2.31. The maximum Gasteiger partial charge on any atom is 0.104 e. The molecule has 0 aliphatic carbocycles. The molecule has 0 aromatic heterocycles. The van der Waals surface area contributed by atoms with Gasteiger partial charge in [-0.15, -0.1) is 0 Å². The van der Waals surface area contributed by atoms with E-state index >= 15 is 0 Å². The third kappa shape index (κ3) is 6.31. The fraction of sp³-hybridized carbons (Fsp3) is 0.923. The minimum absolute atomic E-state index is 0.324. The van der Waals surface area contributed by atoms with E-state index < -0.39 is 5.54 Å². The molecule has 0 bridgehead atoms. The number of hydrogen-bond donors (Lipinski definition) is 1. The van der Waals surface area contributed by atoms with E-state index in [0.717, 1.165) is 19.5 Å². The largest absolute Gasteiger partial charge is 0.383 e. The lowest BCUT2D eigenvalue weighted by atomic mass is 9.99. The first-order valence-corrected chi connectivity index (χ1v) is 6.35. The van der Waals surface area contributed by atoms with Gasteiger partial charge >= 0.3 is 0 Å². The summed E-state index contributed by atoms with van der Waals surface area (Å²) in [5.74, 6) is 0. The Morgan fingerprint density at radius 2 is 2.00 bits per heavy atom. The summed E-state index contributed by atoms with van der Waals surface area (Å²) >= 11 is 0. The lowest BCUT2D eigenvalue weighted by molar-refractivity contribution is 0.0712. The number of nitrogens with one attached hydrogen (secondary N) is 1. The van der Waals surface area contributed by atoms with Gasteiger partial charge in [-0.05, 0) is 27.3 Å². The first kappa shape index (κ1) is 17.3. The molecule has 1 N–H and O–H groups in total. The molecule has 0 saturated carbocycles. The van der Waals surface area contributed by atoms with Gasteiger partial charge in [-0.3, -0.25) is 4.90 Å². The molecule has 0 amide bonds. The van der Waals surface area contributed by atoms with E-state index in [-0.39, 0.29) is 0 Å². The van der Waals surface area contributed by atoms with Gasteiger partial charge in [-0.25, -0.2) is 0 Å². The zero-order valence-electron chi connectivity index (χ0n) is 12.3. The van der Waals surface area contributed by atoms with E-state index in [1.165, 1.54) is 0 Å². The molecule has 18 heavy (non-hydrogen) atoms. The molecule has 106 valence electrons. The Morgan fingerprint density at radius 1 is 1.33 bits per heavy atom. The van der Waals surface area contributed by atoms with E-state index in [1.54, 1.807) is 14.2 Å². The molecule has 0 aromatic carbocycles. The van der Waals surface area contributed by atoms with Crippen LogP contribution in [-0.2, 0) is 9.47 Å². The predicted octanol–water partition coefficient (Wildman–Crippen LogP) is 0.861. The van der Waals surface area contributed by atoms with Gasteiger partial charge in [0.2, 0.25) is 0 Å². The van der Waals surface area contributed by atoms with Gasteiger partial charge in [-0.2, -0.15) is 5.26 Å². The second kappa shape index (κ2) is 9.29. The molecule has 0 fully saturated rings. The van der Waals surface area contributed by atoms with Crippen LogP contribution in [0, 0.1) is 11.3 Å². The van der Waals surface area contributed by atoms with E-state index in [4.69, 9.17) is 14.7 Å². The highest BCUT2D eigenvalue weighted by Crippen LogP contribution is 2.10. The average molecular weight is 257 g/mol. The Labute approximate surface area is 111 Å². The van der Waals surface area contributed by atoms with Crippen molar-refractivity contribution in [1.82, 2.24) is 10.2 Å². The van der Waals surface area contributed by atoms with Gasteiger partial charge in [0.05, 0.1) is 19.3 Å². The molecule has 5 heteroatoms. The van der Waals surface area contributed by atoms with Crippen LogP contribution in [0.1, 0.15) is 20.3 Å². The standard InChI is InChI=1S/C13H27N3O2/c1-12(10-18-5)16(8-9-17-4)7-6-13(2,11-14)15-3/h12,15H,6-10H2,1-5H3. The van der Waals surface area contributed by atoms with Crippen molar-refractivity contribution in [2.45, 2.75) is 31.8 Å². The molecule has 0 aliphatic rings. The zero-order chi connectivity index (χ0) is 14.0. The Morgan fingerprint density at radius 3 is 2.44 bits per heavy atom. The van der Waals surface area contributed by atoms with Crippen molar-refractivity contribution in [3.05, 3.63) is 0 Å². The first-order valence-electron chi connectivity index (χ1n) is 6.35. The number of nitriles is 1. The van der Waals surface area contributed by atoms with Crippen molar-refractivity contribution < 1.29 is 9.47 Å². The van der Waals surface area contributed by atoms with E-state index in [9.17, 15) is 0 Å². The van der Waals surface area contributed by atoms with Crippen LogP contribution in [0.15, 0.2) is 0 Å². The van der Waals surface area contributed by atoms with Crippen molar-refractivity contribution in [3.8, 4) is 6.07 Å². The number of ether oxygens (including phenoxy) is 2. The molecular weight excluding hydrogens is 230 g/mol. The Kier molecular flexibility index (Phi) is 8.94. The first-order chi connectivity index (χ1) is 8.52. The SMILES string of the molecule is CNC(C)(C#N)CCN(CCOC)C(C)COC. The van der Waals surface area contributed by atoms with Crippen LogP contribution in [0.4, 0.5) is 0 Å². The van der Waals surface area contributed by atoms with Crippen molar-refractivity contribution in [2.24, 2.45) is 0 Å². The fourth-order valence-corrected chi connectivity index (χ4v) is 1.71. The van der Waals surface area contributed by atoms with Crippen LogP contribution in [0.3, 0.4) is 0 Å². The summed E-state index contributed by atoms with van der Waals surface area (Å²) in [4.78, 5) is 2.29. The monoisotopic (exact) mass is 257 g/mol. The molecule has 2 atom stereocenters. The zero-order valence-corrected chi connectivity index (χ0v) is 12.3. The lowest BCUT2D eigenvalue weighted by Crippen LogP contribution is -2.45. The maximum atomic E-state index is 9.14. The smallest absolute Gasteiger partial charge is 0.104 e. The molecule has 0 aliphatic heterocycles. The second-order valence-corrected chi connectivity index (χ2v) is 4.78. The van der Waals surface area contributed by atoms with E-state index in [0.29, 0.717) is 19.3 Å². The molecule has 2 unspecified atom stereocenters. The van der Waals surface area contributed by atoms with Crippen LogP contribution >= 0.6 is 0 Å². The maximum absolute atomic E-state index is 9.14. The third-order valence-electron chi connectivity index (χ3n) is 3.31. The Bertz CT molecular complexity index is 255. The quantitative estimate of drug-likeness (QED) is 0.629. The summed E-state index contributed by atoms with van der Waals surface area (Å²) in [6, 6.07) is 2.63. The summed E-state index contributed by atoms with van der Waals surface area (Å²) in [7, 11) is 5.23. The van der Waals surface area contributed by atoms with Crippen LogP contribution in [-0.4, -0.2) is 64.1 Å². The Balaban J connectivity index is 4.36. The van der Waals surface area contributed by atoms with Crippen LogP contribution in [0.5, 0.6) is 0 Å². The van der Waals surface area contributed by atoms with Crippen molar-refractivity contribution in [3.63, 3.8) is 0 Å². The molecule has 0 spiro atoms. The van der Waals surface area contributed by atoms with Gasteiger partial charge in [0, 0.05) is 33.4 Å². The molecule has 0 heterocycles. The van der Waals surface area contributed by atoms with Crippen LogP contribution in [0.2, 0.25) is 0 Å². The van der Waals surface area contributed by atoms with Crippen LogP contribution < -0.4 is 5.32 Å². The normalized spacial score (nSPS) is 16.3. The van der Waals surface area contributed by atoms with E-state index in [2.05, 4.69) is 23.2 Å². The topological polar surface area (TPSA) is 57.5 Å². The number of rotatable bonds is 10. The minimum Gasteiger partial charge on any atom is -0.383 e. The summed E-state index contributed by atoms with van der Waals surface area (Å²) in [5.41, 5.74) is -0.474.